The van der Waals surface area contributed by atoms with Crippen molar-refractivity contribution < 1.29 is 9.90 Å². The van der Waals surface area contributed by atoms with Crippen molar-refractivity contribution in [2.75, 3.05) is 0 Å². The third-order valence-corrected chi connectivity index (χ3v) is 1.10. The van der Waals surface area contributed by atoms with Gasteiger partial charge in [0.05, 0.1) is 0 Å². The number of rotatable bonds is 0. The van der Waals surface area contributed by atoms with E-state index in [4.69, 9.17) is 33.1 Å². The first-order valence-corrected chi connectivity index (χ1v) is 3.82. The summed E-state index contributed by atoms with van der Waals surface area (Å²) in [5.74, 6) is 0. The first-order chi connectivity index (χ1) is 5.52. The van der Waals surface area contributed by atoms with Crippen LogP contribution in [0.1, 0.15) is 0 Å². The normalized spacial score (nSPS) is 8.25. The van der Waals surface area contributed by atoms with E-state index in [9.17, 15) is 0 Å². The van der Waals surface area contributed by atoms with Crippen LogP contribution in [0.4, 0.5) is 4.79 Å². The summed E-state index contributed by atoms with van der Waals surface area (Å²) in [5.41, 5.74) is -1.36. The molecule has 0 saturated carbocycles. The zero-order chi connectivity index (χ0) is 9.56. The fourth-order valence-electron chi connectivity index (χ4n) is 0.383. The van der Waals surface area contributed by atoms with Crippen molar-refractivity contribution in [3.63, 3.8) is 0 Å². The molecule has 0 bridgehead atoms. The van der Waals surface area contributed by atoms with Crippen LogP contribution in [0.2, 0.25) is 10.3 Å². The van der Waals surface area contributed by atoms with Crippen LogP contribution in [-0.2, 0) is 0 Å². The van der Waals surface area contributed by atoms with Crippen LogP contribution >= 0.6 is 34.8 Å². The number of nitrogens with zero attached hydrogens (tertiary/aromatic N) is 1. The lowest BCUT2D eigenvalue weighted by Crippen LogP contribution is -1.71. The maximum absolute atomic E-state index is 8.77. The Balaban J connectivity index is 0.000000261. The van der Waals surface area contributed by atoms with Gasteiger partial charge in [-0.2, -0.15) is 0 Å². The molecule has 1 heterocycles. The molecule has 0 fully saturated rings. The molecule has 0 aromatic carbocycles. The first-order valence-electron chi connectivity index (χ1n) is 2.69. The summed E-state index contributed by atoms with van der Waals surface area (Å²) in [6, 6.07) is 5.10. The van der Waals surface area contributed by atoms with Gasteiger partial charge in [-0.1, -0.05) is 29.3 Å². The number of carboxylic acid groups (broad SMARTS) is 1. The van der Waals surface area contributed by atoms with E-state index < -0.39 is 5.43 Å². The van der Waals surface area contributed by atoms with Gasteiger partial charge in [0.25, 0.3) is 0 Å². The largest absolute Gasteiger partial charge is 0.469 e. The van der Waals surface area contributed by atoms with Gasteiger partial charge >= 0.3 is 5.43 Å². The summed E-state index contributed by atoms with van der Waals surface area (Å²) in [7, 11) is 0. The zero-order valence-corrected chi connectivity index (χ0v) is 7.94. The molecule has 1 N–H and O–H groups in total. The average Bonchev–Trinajstić information content (AvgIpc) is 1.84. The number of hydrogen-bond acceptors (Lipinski definition) is 2. The highest BCUT2D eigenvalue weighted by Crippen LogP contribution is 2.08. The highest BCUT2D eigenvalue weighted by Gasteiger charge is 1.86. The van der Waals surface area contributed by atoms with Gasteiger partial charge in [0.2, 0.25) is 0 Å². The summed E-state index contributed by atoms with van der Waals surface area (Å²) in [5, 5.41) is 8.04. The lowest BCUT2D eigenvalue weighted by atomic mass is 10.5. The number of halogens is 3. The van der Waals surface area contributed by atoms with Crippen LogP contribution < -0.4 is 0 Å². The molecule has 1 rings (SSSR count). The average molecular weight is 228 g/mol. The van der Waals surface area contributed by atoms with E-state index in [1.807, 2.05) is 0 Å². The second-order valence-electron chi connectivity index (χ2n) is 1.54. The maximum Gasteiger partial charge on any atom is 0.401 e. The Labute approximate surface area is 83.9 Å². The Hall–Kier alpha value is -0.510. The quantitative estimate of drug-likeness (QED) is 0.547. The Morgan fingerprint density at radius 3 is 1.83 bits per heavy atom. The third-order valence-electron chi connectivity index (χ3n) is 0.681. The molecule has 0 amide bonds. The highest BCUT2D eigenvalue weighted by atomic mass is 35.5. The number of pyridine rings is 1. The minimum atomic E-state index is -1.36. The molecule has 0 spiro atoms. The molecule has 12 heavy (non-hydrogen) atoms. The Kier molecular flexibility index (Phi) is 5.80. The van der Waals surface area contributed by atoms with Gasteiger partial charge in [-0.15, -0.1) is 0 Å². The molecule has 0 atom stereocenters. The molecule has 0 aliphatic carbocycles. The molecule has 3 nitrogen and oxygen atoms in total. The zero-order valence-electron chi connectivity index (χ0n) is 5.67. The summed E-state index contributed by atoms with van der Waals surface area (Å²) in [6.07, 6.45) is 0. The standard InChI is InChI=1S/C5H3Cl2N.CHClO2/c6-4-2-1-3-5(7)8-4;2-1(3)4/h1-3H;(H,3,4). The number of aromatic nitrogens is 1. The van der Waals surface area contributed by atoms with E-state index in [1.165, 1.54) is 0 Å². The van der Waals surface area contributed by atoms with Crippen LogP contribution in [0.25, 0.3) is 0 Å². The van der Waals surface area contributed by atoms with Crippen molar-refractivity contribution in [1.82, 2.24) is 4.98 Å². The van der Waals surface area contributed by atoms with Crippen molar-refractivity contribution >= 4 is 40.2 Å². The Bertz CT molecular complexity index is 245. The van der Waals surface area contributed by atoms with Gasteiger partial charge in [-0.25, -0.2) is 9.78 Å². The van der Waals surface area contributed by atoms with Gasteiger partial charge < -0.3 is 5.11 Å². The Morgan fingerprint density at radius 2 is 1.67 bits per heavy atom. The molecule has 0 saturated heterocycles. The van der Waals surface area contributed by atoms with Crippen LogP contribution in [-0.4, -0.2) is 15.5 Å². The monoisotopic (exact) mass is 227 g/mol. The summed E-state index contributed by atoms with van der Waals surface area (Å²) in [6.45, 7) is 0. The topological polar surface area (TPSA) is 50.2 Å². The molecule has 1 aromatic heterocycles. The van der Waals surface area contributed by atoms with Gasteiger partial charge in [0.15, 0.2) is 0 Å². The van der Waals surface area contributed by atoms with Crippen molar-refractivity contribution in [1.29, 1.82) is 0 Å². The SMILES string of the molecule is Clc1cccc(Cl)n1.O=C(O)Cl. The number of carbonyl (C=O) groups is 1. The Morgan fingerprint density at radius 1 is 1.33 bits per heavy atom. The van der Waals surface area contributed by atoms with Crippen molar-refractivity contribution in [2.24, 2.45) is 0 Å². The van der Waals surface area contributed by atoms with Crippen LogP contribution in [0.3, 0.4) is 0 Å². The maximum atomic E-state index is 8.77. The second-order valence-corrected chi connectivity index (χ2v) is 2.63. The van der Waals surface area contributed by atoms with Gasteiger partial charge in [-0.3, -0.25) is 0 Å². The summed E-state index contributed by atoms with van der Waals surface area (Å²) >= 11 is 15.1. The molecular formula is C6H4Cl3NO2. The van der Waals surface area contributed by atoms with E-state index in [-0.39, 0.29) is 0 Å². The van der Waals surface area contributed by atoms with Gasteiger partial charge in [-0.05, 0) is 12.1 Å². The predicted octanol–water partition coefficient (Wildman–Crippen LogP) is 3.29. The second kappa shape index (κ2) is 6.06. The van der Waals surface area contributed by atoms with E-state index in [0.717, 1.165) is 0 Å². The van der Waals surface area contributed by atoms with Crippen molar-refractivity contribution in [3.8, 4) is 0 Å². The van der Waals surface area contributed by atoms with E-state index in [1.54, 1.807) is 18.2 Å². The lowest BCUT2D eigenvalue weighted by molar-refractivity contribution is 0.220. The highest BCUT2D eigenvalue weighted by molar-refractivity contribution is 6.60. The van der Waals surface area contributed by atoms with Crippen LogP contribution in [0, 0.1) is 0 Å². The summed E-state index contributed by atoms with van der Waals surface area (Å²) in [4.78, 5) is 12.5. The molecule has 0 aliphatic rings. The van der Waals surface area contributed by atoms with E-state index in [2.05, 4.69) is 16.6 Å². The van der Waals surface area contributed by atoms with E-state index >= 15 is 0 Å². The minimum absolute atomic E-state index is 0.428. The molecule has 0 radical (unpaired) electrons. The number of hydrogen-bond donors (Lipinski definition) is 1. The van der Waals surface area contributed by atoms with Gasteiger partial charge in [0, 0.05) is 11.6 Å². The predicted molar refractivity (Wildman–Crippen MR) is 48.1 cm³/mol. The molecule has 0 unspecified atom stereocenters. The van der Waals surface area contributed by atoms with Gasteiger partial charge in [0.1, 0.15) is 10.3 Å². The molecule has 66 valence electrons. The van der Waals surface area contributed by atoms with Crippen LogP contribution in [0.15, 0.2) is 18.2 Å². The molecule has 1 aromatic rings. The van der Waals surface area contributed by atoms with Crippen molar-refractivity contribution in [2.45, 2.75) is 0 Å². The minimum Gasteiger partial charge on any atom is -0.469 e. The van der Waals surface area contributed by atoms with Crippen molar-refractivity contribution in [3.05, 3.63) is 28.5 Å². The first kappa shape index (κ1) is 11.5. The fraction of sp³-hybridized carbons (Fsp3) is 0. The molecular weight excluding hydrogens is 224 g/mol. The molecule has 6 heteroatoms. The summed E-state index contributed by atoms with van der Waals surface area (Å²) < 4.78 is 0. The lowest BCUT2D eigenvalue weighted by Gasteiger charge is -1.85. The smallest absolute Gasteiger partial charge is 0.401 e. The third kappa shape index (κ3) is 7.60. The fourth-order valence-corrected chi connectivity index (χ4v) is 0.754. The molecule has 0 aliphatic heterocycles. The van der Waals surface area contributed by atoms with E-state index in [0.29, 0.717) is 10.3 Å². The van der Waals surface area contributed by atoms with Crippen LogP contribution in [0.5, 0.6) is 0 Å².